The molecule has 0 spiro atoms. The maximum atomic E-state index is 12.9. The molecular formula is C18H29FN2O2S. The molecule has 0 bridgehead atoms. The molecule has 1 aromatic rings. The summed E-state index contributed by atoms with van der Waals surface area (Å²) >= 11 is 0. The summed E-state index contributed by atoms with van der Waals surface area (Å²) in [5, 5.41) is 0. The van der Waals surface area contributed by atoms with Crippen molar-refractivity contribution in [1.82, 2.24) is 9.21 Å². The van der Waals surface area contributed by atoms with E-state index < -0.39 is 10.0 Å². The van der Waals surface area contributed by atoms with Gasteiger partial charge >= 0.3 is 0 Å². The number of halogens is 1. The lowest BCUT2D eigenvalue weighted by molar-refractivity contribution is 0.169. The molecule has 0 N–H and O–H groups in total. The van der Waals surface area contributed by atoms with Crippen LogP contribution in [0.3, 0.4) is 0 Å². The third-order valence-corrected chi connectivity index (χ3v) is 6.71. The Bertz CT molecular complexity index is 602. The van der Waals surface area contributed by atoms with E-state index in [4.69, 9.17) is 0 Å². The Morgan fingerprint density at radius 2 is 1.96 bits per heavy atom. The molecule has 1 saturated heterocycles. The standard InChI is InChI=1S/C18H29FN2O2S/c1-20(2)24(22,23)14-4-13-21-12-3-5-17(15-21)7-6-16-8-10-18(19)11-9-16/h8-11,17H,3-7,12-15H2,1-2H3/t17-/m0/s1. The summed E-state index contributed by atoms with van der Waals surface area (Å²) in [6.07, 6.45) is 5.18. The fraction of sp³-hybridized carbons (Fsp3) is 0.667. The first kappa shape index (κ1) is 19.3. The van der Waals surface area contributed by atoms with E-state index in [0.29, 0.717) is 12.3 Å². The molecule has 0 aromatic heterocycles. The fourth-order valence-corrected chi connectivity index (χ4v) is 4.12. The predicted octanol–water partition coefficient (Wildman–Crippen LogP) is 2.75. The summed E-state index contributed by atoms with van der Waals surface area (Å²) in [7, 11) is 0.0838. The molecule has 1 heterocycles. The number of sulfonamides is 1. The van der Waals surface area contributed by atoms with Gasteiger partial charge in [-0.25, -0.2) is 17.1 Å². The van der Waals surface area contributed by atoms with E-state index in [2.05, 4.69) is 4.90 Å². The number of likely N-dealkylation sites (tertiary alicyclic amines) is 1. The number of hydrogen-bond acceptors (Lipinski definition) is 3. The molecular weight excluding hydrogens is 327 g/mol. The highest BCUT2D eigenvalue weighted by Crippen LogP contribution is 2.22. The van der Waals surface area contributed by atoms with Gasteiger partial charge in [-0.3, -0.25) is 0 Å². The Kier molecular flexibility index (Phi) is 7.19. The van der Waals surface area contributed by atoms with Gasteiger partial charge in [0, 0.05) is 20.6 Å². The van der Waals surface area contributed by atoms with Crippen molar-refractivity contribution in [3.8, 4) is 0 Å². The van der Waals surface area contributed by atoms with Crippen LogP contribution in [0.25, 0.3) is 0 Å². The van der Waals surface area contributed by atoms with E-state index in [-0.39, 0.29) is 11.6 Å². The largest absolute Gasteiger partial charge is 0.303 e. The van der Waals surface area contributed by atoms with Gasteiger partial charge in [-0.1, -0.05) is 12.1 Å². The fourth-order valence-electron chi connectivity index (χ4n) is 3.27. The lowest BCUT2D eigenvalue weighted by atomic mass is 9.91. The summed E-state index contributed by atoms with van der Waals surface area (Å²) < 4.78 is 37.8. The normalized spacial score (nSPS) is 19.8. The van der Waals surface area contributed by atoms with E-state index in [0.717, 1.165) is 32.5 Å². The molecule has 1 aliphatic rings. The number of benzene rings is 1. The summed E-state index contributed by atoms with van der Waals surface area (Å²) in [4.78, 5) is 2.39. The summed E-state index contributed by atoms with van der Waals surface area (Å²) in [6, 6.07) is 6.77. The van der Waals surface area contributed by atoms with Crippen molar-refractivity contribution in [3.05, 3.63) is 35.6 Å². The first-order valence-electron chi connectivity index (χ1n) is 8.74. The number of aryl methyl sites for hydroxylation is 1. The molecule has 0 unspecified atom stereocenters. The van der Waals surface area contributed by atoms with Gasteiger partial charge in [0.2, 0.25) is 10.0 Å². The van der Waals surface area contributed by atoms with Gasteiger partial charge in [-0.15, -0.1) is 0 Å². The first-order chi connectivity index (χ1) is 11.4. The molecule has 1 aliphatic heterocycles. The highest BCUT2D eigenvalue weighted by molar-refractivity contribution is 7.89. The average Bonchev–Trinajstić information content (AvgIpc) is 2.54. The molecule has 0 saturated carbocycles. The van der Waals surface area contributed by atoms with Crippen LogP contribution in [0.5, 0.6) is 0 Å². The van der Waals surface area contributed by atoms with Gasteiger partial charge in [0.15, 0.2) is 0 Å². The van der Waals surface area contributed by atoms with Crippen LogP contribution >= 0.6 is 0 Å². The topological polar surface area (TPSA) is 40.6 Å². The van der Waals surface area contributed by atoms with Gasteiger partial charge in [0.1, 0.15) is 5.82 Å². The van der Waals surface area contributed by atoms with E-state index in [1.54, 1.807) is 14.1 Å². The molecule has 1 aromatic carbocycles. The van der Waals surface area contributed by atoms with Crippen molar-refractivity contribution < 1.29 is 12.8 Å². The minimum absolute atomic E-state index is 0.185. The lowest BCUT2D eigenvalue weighted by Gasteiger charge is -2.32. The van der Waals surface area contributed by atoms with E-state index in [1.807, 2.05) is 12.1 Å². The maximum Gasteiger partial charge on any atom is 0.213 e. The van der Waals surface area contributed by atoms with Crippen molar-refractivity contribution in [1.29, 1.82) is 0 Å². The molecule has 136 valence electrons. The minimum atomic E-state index is -3.09. The summed E-state index contributed by atoms with van der Waals surface area (Å²) in [5.41, 5.74) is 1.19. The Morgan fingerprint density at radius 3 is 2.62 bits per heavy atom. The van der Waals surface area contributed by atoms with Crippen LogP contribution in [0, 0.1) is 11.7 Å². The summed E-state index contributed by atoms with van der Waals surface area (Å²) in [5.74, 6) is 0.682. The number of hydrogen-bond donors (Lipinski definition) is 0. The van der Waals surface area contributed by atoms with Crippen LogP contribution < -0.4 is 0 Å². The zero-order chi connectivity index (χ0) is 17.6. The van der Waals surface area contributed by atoms with Crippen molar-refractivity contribution in [2.45, 2.75) is 32.1 Å². The van der Waals surface area contributed by atoms with Crippen molar-refractivity contribution in [2.75, 3.05) is 39.5 Å². The monoisotopic (exact) mass is 356 g/mol. The van der Waals surface area contributed by atoms with Gasteiger partial charge < -0.3 is 4.90 Å². The number of piperidine rings is 1. The average molecular weight is 357 g/mol. The van der Waals surface area contributed by atoms with Crippen LogP contribution in [-0.4, -0.2) is 57.1 Å². The molecule has 2 rings (SSSR count). The first-order valence-corrected chi connectivity index (χ1v) is 10.3. The Morgan fingerprint density at radius 1 is 1.25 bits per heavy atom. The zero-order valence-corrected chi connectivity index (χ0v) is 15.6. The molecule has 1 atom stereocenters. The molecule has 1 fully saturated rings. The van der Waals surface area contributed by atoms with E-state index in [1.165, 1.54) is 34.8 Å². The van der Waals surface area contributed by atoms with Gasteiger partial charge in [-0.2, -0.15) is 0 Å². The van der Waals surface area contributed by atoms with E-state index in [9.17, 15) is 12.8 Å². The molecule has 0 radical (unpaired) electrons. The molecule has 6 heteroatoms. The number of rotatable bonds is 8. The molecule has 0 aliphatic carbocycles. The van der Waals surface area contributed by atoms with Gasteiger partial charge in [0.05, 0.1) is 5.75 Å². The molecule has 4 nitrogen and oxygen atoms in total. The Balaban J connectivity index is 1.72. The second kappa shape index (κ2) is 8.92. The highest BCUT2D eigenvalue weighted by atomic mass is 32.2. The zero-order valence-electron chi connectivity index (χ0n) is 14.7. The number of nitrogens with zero attached hydrogens (tertiary/aromatic N) is 2. The third-order valence-electron chi connectivity index (χ3n) is 4.79. The van der Waals surface area contributed by atoms with Crippen LogP contribution in [0.2, 0.25) is 0 Å². The Labute approximate surface area is 145 Å². The van der Waals surface area contributed by atoms with Crippen LogP contribution in [0.15, 0.2) is 24.3 Å². The lowest BCUT2D eigenvalue weighted by Crippen LogP contribution is -2.37. The van der Waals surface area contributed by atoms with Crippen LogP contribution in [-0.2, 0) is 16.4 Å². The molecule has 0 amide bonds. The second-order valence-corrected chi connectivity index (χ2v) is 9.23. The highest BCUT2D eigenvalue weighted by Gasteiger charge is 2.20. The van der Waals surface area contributed by atoms with Gasteiger partial charge in [0.25, 0.3) is 0 Å². The Hall–Kier alpha value is -0.980. The van der Waals surface area contributed by atoms with Crippen LogP contribution in [0.4, 0.5) is 4.39 Å². The summed E-state index contributed by atoms with van der Waals surface area (Å²) in [6.45, 7) is 2.96. The second-order valence-electron chi connectivity index (χ2n) is 6.93. The maximum absolute atomic E-state index is 12.9. The molecule has 24 heavy (non-hydrogen) atoms. The van der Waals surface area contributed by atoms with Crippen molar-refractivity contribution in [2.24, 2.45) is 5.92 Å². The quantitative estimate of drug-likeness (QED) is 0.719. The van der Waals surface area contributed by atoms with Gasteiger partial charge in [-0.05, 0) is 68.8 Å². The smallest absolute Gasteiger partial charge is 0.213 e. The third kappa shape index (κ3) is 6.15. The van der Waals surface area contributed by atoms with Crippen LogP contribution in [0.1, 0.15) is 31.2 Å². The van der Waals surface area contributed by atoms with Crippen molar-refractivity contribution >= 4 is 10.0 Å². The minimum Gasteiger partial charge on any atom is -0.303 e. The predicted molar refractivity (Wildman–Crippen MR) is 96.0 cm³/mol. The van der Waals surface area contributed by atoms with Crippen molar-refractivity contribution in [3.63, 3.8) is 0 Å². The van der Waals surface area contributed by atoms with E-state index >= 15 is 0 Å². The SMILES string of the molecule is CN(C)S(=O)(=O)CCCN1CCC[C@@H](CCc2ccc(F)cc2)C1.